The van der Waals surface area contributed by atoms with Crippen molar-refractivity contribution in [3.05, 3.63) is 35.9 Å². The summed E-state index contributed by atoms with van der Waals surface area (Å²) in [5.74, 6) is 1.17. The lowest BCUT2D eigenvalue weighted by Crippen LogP contribution is -2.40. The van der Waals surface area contributed by atoms with Crippen molar-refractivity contribution >= 4 is 11.9 Å². The van der Waals surface area contributed by atoms with E-state index in [2.05, 4.69) is 60.7 Å². The number of likely N-dealkylation sites (N-methyl/N-ethyl adjacent to an activating group) is 1. The van der Waals surface area contributed by atoms with E-state index in [-0.39, 0.29) is 0 Å². The zero-order chi connectivity index (χ0) is 20.9. The first-order valence-electron chi connectivity index (χ1n) is 11.1. The lowest BCUT2D eigenvalue weighted by Gasteiger charge is -2.24. The van der Waals surface area contributed by atoms with Gasteiger partial charge in [-0.15, -0.1) is 0 Å². The monoisotopic (exact) mass is 401 g/mol. The minimum absolute atomic E-state index is 0.318. The first-order chi connectivity index (χ1) is 14.1. The van der Waals surface area contributed by atoms with Gasteiger partial charge in [0.25, 0.3) is 0 Å². The molecule has 1 fully saturated rings. The van der Waals surface area contributed by atoms with Gasteiger partial charge in [0, 0.05) is 45.2 Å². The molecule has 1 atom stereocenters. The van der Waals surface area contributed by atoms with Crippen LogP contribution in [-0.4, -0.2) is 67.5 Å². The number of aliphatic imine (C=N–C) groups is 1. The van der Waals surface area contributed by atoms with Crippen LogP contribution < -0.4 is 10.6 Å². The van der Waals surface area contributed by atoms with E-state index in [9.17, 15) is 4.79 Å². The molecule has 0 aromatic heterocycles. The Labute approximate surface area is 176 Å². The predicted octanol–water partition coefficient (Wildman–Crippen LogP) is 2.85. The molecular formula is C23H39N5O. The average molecular weight is 402 g/mol. The Hall–Kier alpha value is -2.08. The van der Waals surface area contributed by atoms with Crippen LogP contribution in [0.1, 0.15) is 51.5 Å². The third-order valence-corrected chi connectivity index (χ3v) is 5.45. The van der Waals surface area contributed by atoms with Gasteiger partial charge in [0.05, 0.1) is 6.54 Å². The summed E-state index contributed by atoms with van der Waals surface area (Å²) in [7, 11) is 2.14. The van der Waals surface area contributed by atoms with E-state index in [1.165, 1.54) is 12.0 Å². The van der Waals surface area contributed by atoms with Crippen LogP contribution >= 0.6 is 0 Å². The summed E-state index contributed by atoms with van der Waals surface area (Å²) < 4.78 is 0. The number of carbonyl (C=O) groups is 1. The molecule has 2 N–H and O–H groups in total. The van der Waals surface area contributed by atoms with Gasteiger partial charge in [0.2, 0.25) is 5.91 Å². The van der Waals surface area contributed by atoms with Gasteiger partial charge in [-0.3, -0.25) is 14.7 Å². The van der Waals surface area contributed by atoms with Gasteiger partial charge < -0.3 is 15.5 Å². The Morgan fingerprint density at radius 3 is 2.76 bits per heavy atom. The van der Waals surface area contributed by atoms with E-state index >= 15 is 0 Å². The molecule has 1 unspecified atom stereocenters. The second kappa shape index (κ2) is 13.2. The molecule has 1 aliphatic rings. The fraction of sp³-hybridized carbons (Fsp3) is 0.652. The van der Waals surface area contributed by atoms with Crippen molar-refractivity contribution in [2.45, 2.75) is 58.5 Å². The Balaban J connectivity index is 1.74. The largest absolute Gasteiger partial charge is 0.357 e. The van der Waals surface area contributed by atoms with Gasteiger partial charge in [0.15, 0.2) is 5.96 Å². The van der Waals surface area contributed by atoms with Gasteiger partial charge in [0.1, 0.15) is 0 Å². The highest BCUT2D eigenvalue weighted by Gasteiger charge is 2.15. The van der Waals surface area contributed by atoms with Crippen LogP contribution in [0.4, 0.5) is 0 Å². The molecule has 1 saturated heterocycles. The van der Waals surface area contributed by atoms with E-state index in [0.29, 0.717) is 18.4 Å². The van der Waals surface area contributed by atoms with E-state index in [0.717, 1.165) is 64.5 Å². The third kappa shape index (κ3) is 8.86. The Kier molecular flexibility index (Phi) is 10.6. The van der Waals surface area contributed by atoms with Crippen molar-refractivity contribution in [3.8, 4) is 0 Å². The number of hydrogen-bond acceptors (Lipinski definition) is 3. The maximum absolute atomic E-state index is 12.1. The summed E-state index contributed by atoms with van der Waals surface area (Å²) in [6.45, 7) is 9.36. The lowest BCUT2D eigenvalue weighted by atomic mass is 10.2. The molecule has 1 amide bonds. The number of nitrogens with zero attached hydrogens (tertiary/aromatic N) is 3. The van der Waals surface area contributed by atoms with Crippen LogP contribution in [0, 0.1) is 0 Å². The Morgan fingerprint density at radius 2 is 2.00 bits per heavy atom. The number of amides is 1. The summed E-state index contributed by atoms with van der Waals surface area (Å²) in [6.07, 6.45) is 5.01. The first-order valence-corrected chi connectivity index (χ1v) is 11.1. The highest BCUT2D eigenvalue weighted by atomic mass is 16.2. The van der Waals surface area contributed by atoms with Crippen LogP contribution in [0.5, 0.6) is 0 Å². The normalized spacial score (nSPS) is 16.6. The molecule has 0 spiro atoms. The first kappa shape index (κ1) is 23.2. The van der Waals surface area contributed by atoms with Crippen molar-refractivity contribution in [3.63, 3.8) is 0 Å². The smallest absolute Gasteiger partial charge is 0.222 e. The molecule has 6 nitrogen and oxygen atoms in total. The van der Waals surface area contributed by atoms with Crippen LogP contribution in [0.15, 0.2) is 35.3 Å². The maximum Gasteiger partial charge on any atom is 0.222 e. The highest BCUT2D eigenvalue weighted by Crippen LogP contribution is 2.11. The summed E-state index contributed by atoms with van der Waals surface area (Å²) in [5, 5.41) is 6.74. The molecule has 1 aromatic rings. The molecule has 2 rings (SSSR count). The molecule has 0 aliphatic carbocycles. The van der Waals surface area contributed by atoms with Crippen molar-refractivity contribution in [2.24, 2.45) is 4.99 Å². The molecule has 6 heteroatoms. The summed E-state index contributed by atoms with van der Waals surface area (Å²) in [4.78, 5) is 21.2. The van der Waals surface area contributed by atoms with Gasteiger partial charge in [-0.05, 0) is 45.7 Å². The second-order valence-electron chi connectivity index (χ2n) is 7.94. The van der Waals surface area contributed by atoms with Gasteiger partial charge >= 0.3 is 0 Å². The summed E-state index contributed by atoms with van der Waals surface area (Å²) >= 11 is 0. The zero-order valence-corrected chi connectivity index (χ0v) is 18.5. The molecule has 0 radical (unpaired) electrons. The lowest BCUT2D eigenvalue weighted by molar-refractivity contribution is -0.130. The summed E-state index contributed by atoms with van der Waals surface area (Å²) in [6, 6.07) is 10.9. The van der Waals surface area contributed by atoms with Gasteiger partial charge in [-0.25, -0.2) is 0 Å². The fourth-order valence-corrected chi connectivity index (χ4v) is 3.48. The SMILES string of the molecule is CCNC(=NCC(C)N(C)Cc1ccccc1)NCCCN1CCCCCC1=O. The number of carbonyl (C=O) groups excluding carboxylic acids is 1. The Morgan fingerprint density at radius 1 is 1.21 bits per heavy atom. The van der Waals surface area contributed by atoms with Crippen LogP contribution in [0.25, 0.3) is 0 Å². The summed E-state index contributed by atoms with van der Waals surface area (Å²) in [5.41, 5.74) is 1.32. The molecular weight excluding hydrogens is 362 g/mol. The molecule has 29 heavy (non-hydrogen) atoms. The second-order valence-corrected chi connectivity index (χ2v) is 7.94. The zero-order valence-electron chi connectivity index (χ0n) is 18.5. The predicted molar refractivity (Wildman–Crippen MR) is 121 cm³/mol. The van der Waals surface area contributed by atoms with Crippen molar-refractivity contribution in [1.29, 1.82) is 0 Å². The number of benzene rings is 1. The van der Waals surface area contributed by atoms with Crippen molar-refractivity contribution in [2.75, 3.05) is 39.8 Å². The van der Waals surface area contributed by atoms with Crippen LogP contribution in [0.3, 0.4) is 0 Å². The minimum Gasteiger partial charge on any atom is -0.357 e. The van der Waals surface area contributed by atoms with E-state index in [1.807, 2.05) is 11.0 Å². The quantitative estimate of drug-likeness (QED) is 0.360. The molecule has 1 heterocycles. The number of guanidine groups is 1. The van der Waals surface area contributed by atoms with Gasteiger partial charge in [-0.2, -0.15) is 0 Å². The third-order valence-electron chi connectivity index (χ3n) is 5.45. The highest BCUT2D eigenvalue weighted by molar-refractivity contribution is 5.79. The number of likely N-dealkylation sites (tertiary alicyclic amines) is 1. The fourth-order valence-electron chi connectivity index (χ4n) is 3.48. The standard InChI is InChI=1S/C23H39N5O/c1-4-24-23(25-15-11-17-28-16-10-6-9-14-22(28)29)26-18-20(2)27(3)19-21-12-7-5-8-13-21/h5,7-8,12-13,20H,4,6,9-11,14-19H2,1-3H3,(H2,24,25,26). The maximum atomic E-state index is 12.1. The molecule has 1 aromatic carbocycles. The van der Waals surface area contributed by atoms with E-state index in [4.69, 9.17) is 4.99 Å². The minimum atomic E-state index is 0.318. The van der Waals surface area contributed by atoms with Gasteiger partial charge in [-0.1, -0.05) is 36.8 Å². The van der Waals surface area contributed by atoms with E-state index in [1.54, 1.807) is 0 Å². The molecule has 1 aliphatic heterocycles. The molecule has 0 bridgehead atoms. The molecule has 162 valence electrons. The number of rotatable bonds is 10. The number of hydrogen-bond donors (Lipinski definition) is 2. The van der Waals surface area contributed by atoms with Crippen molar-refractivity contribution in [1.82, 2.24) is 20.4 Å². The van der Waals surface area contributed by atoms with Crippen LogP contribution in [-0.2, 0) is 11.3 Å². The average Bonchev–Trinajstić information content (AvgIpc) is 2.93. The van der Waals surface area contributed by atoms with E-state index < -0.39 is 0 Å². The van der Waals surface area contributed by atoms with Crippen molar-refractivity contribution < 1.29 is 4.79 Å². The number of nitrogens with one attached hydrogen (secondary N) is 2. The molecule has 0 saturated carbocycles. The topological polar surface area (TPSA) is 60.0 Å². The van der Waals surface area contributed by atoms with Crippen LogP contribution in [0.2, 0.25) is 0 Å². The Bertz CT molecular complexity index is 619.